The largest absolute Gasteiger partial charge is 0.322 e. The smallest absolute Gasteiger partial charge is 0.264 e. The molecule has 1 aliphatic rings. The number of nitrogens with zero attached hydrogens (tertiary/aromatic N) is 2. The summed E-state index contributed by atoms with van der Waals surface area (Å²) in [4.78, 5) is 20.6. The van der Waals surface area contributed by atoms with E-state index in [9.17, 15) is 13.2 Å². The minimum Gasteiger partial charge on any atom is -0.322 e. The Bertz CT molecular complexity index is 1190. The Morgan fingerprint density at radius 2 is 1.70 bits per heavy atom. The van der Waals surface area contributed by atoms with E-state index in [0.717, 1.165) is 19.3 Å². The first-order chi connectivity index (χ1) is 14.4. The van der Waals surface area contributed by atoms with E-state index >= 15 is 0 Å². The number of hydrogen-bond donors (Lipinski definition) is 2. The summed E-state index contributed by atoms with van der Waals surface area (Å²) < 4.78 is 27.4. The Kier molecular flexibility index (Phi) is 5.50. The second-order valence-corrected chi connectivity index (χ2v) is 8.98. The molecule has 0 atom stereocenters. The van der Waals surface area contributed by atoms with Crippen LogP contribution in [0.3, 0.4) is 0 Å². The van der Waals surface area contributed by atoms with E-state index in [2.05, 4.69) is 20.0 Å². The molecular weight excluding hydrogens is 400 g/mol. The maximum absolute atomic E-state index is 12.6. The molecule has 0 fully saturated rings. The van der Waals surface area contributed by atoms with Crippen molar-refractivity contribution in [1.29, 1.82) is 0 Å². The second kappa shape index (κ2) is 8.23. The first kappa shape index (κ1) is 20.0. The monoisotopic (exact) mass is 422 g/mol. The quantitative estimate of drug-likeness (QED) is 0.653. The van der Waals surface area contributed by atoms with Gasteiger partial charge in [-0.2, -0.15) is 0 Å². The van der Waals surface area contributed by atoms with Gasteiger partial charge in [0, 0.05) is 23.1 Å². The van der Waals surface area contributed by atoms with Gasteiger partial charge in [-0.15, -0.1) is 0 Å². The van der Waals surface area contributed by atoms with Gasteiger partial charge < -0.3 is 5.32 Å². The number of fused-ring (bicyclic) bond motifs is 1. The third kappa shape index (κ3) is 4.49. The molecule has 0 spiro atoms. The van der Waals surface area contributed by atoms with E-state index in [1.165, 1.54) is 35.9 Å². The van der Waals surface area contributed by atoms with E-state index in [0.29, 0.717) is 16.9 Å². The lowest BCUT2D eigenvalue weighted by Crippen LogP contribution is -2.16. The van der Waals surface area contributed by atoms with Crippen LogP contribution in [0.1, 0.15) is 40.0 Å². The average Bonchev–Trinajstić information content (AvgIpc) is 2.73. The van der Waals surface area contributed by atoms with Gasteiger partial charge in [0.15, 0.2) is 0 Å². The van der Waals surface area contributed by atoms with Crippen LogP contribution in [-0.2, 0) is 22.9 Å². The summed E-state index contributed by atoms with van der Waals surface area (Å²) in [6.07, 6.45) is 5.89. The van der Waals surface area contributed by atoms with Crippen LogP contribution in [0.15, 0.2) is 59.6 Å². The van der Waals surface area contributed by atoms with Gasteiger partial charge >= 0.3 is 0 Å². The van der Waals surface area contributed by atoms with Crippen LogP contribution in [0, 0.1) is 6.92 Å². The Morgan fingerprint density at radius 3 is 2.43 bits per heavy atom. The van der Waals surface area contributed by atoms with Crippen molar-refractivity contribution in [2.24, 2.45) is 0 Å². The van der Waals surface area contributed by atoms with Crippen molar-refractivity contribution in [3.05, 3.63) is 77.1 Å². The molecule has 1 aliphatic carbocycles. The normalized spacial score (nSPS) is 13.4. The number of carbonyl (C=O) groups excluding carboxylic acids is 1. The van der Waals surface area contributed by atoms with Crippen molar-refractivity contribution in [1.82, 2.24) is 9.97 Å². The summed E-state index contributed by atoms with van der Waals surface area (Å²) in [6.45, 7) is 1.75. The molecule has 0 unspecified atom stereocenters. The lowest BCUT2D eigenvalue weighted by Gasteiger charge is -2.16. The predicted molar refractivity (Wildman–Crippen MR) is 115 cm³/mol. The predicted octanol–water partition coefficient (Wildman–Crippen LogP) is 3.72. The average molecular weight is 423 g/mol. The summed E-state index contributed by atoms with van der Waals surface area (Å²) >= 11 is 0. The number of nitrogens with one attached hydrogen (secondary N) is 2. The van der Waals surface area contributed by atoms with Crippen LogP contribution < -0.4 is 10.0 Å². The maximum atomic E-state index is 12.6. The summed E-state index contributed by atoms with van der Waals surface area (Å²) in [5.41, 5.74) is 4.33. The van der Waals surface area contributed by atoms with E-state index < -0.39 is 10.0 Å². The first-order valence-electron chi connectivity index (χ1n) is 9.76. The highest BCUT2D eigenvalue weighted by Crippen LogP contribution is 2.23. The fourth-order valence-corrected chi connectivity index (χ4v) is 4.42. The van der Waals surface area contributed by atoms with Gasteiger partial charge in [0.2, 0.25) is 5.95 Å². The summed E-state index contributed by atoms with van der Waals surface area (Å²) in [6, 6.07) is 13.5. The molecule has 154 valence electrons. The van der Waals surface area contributed by atoms with E-state index in [1.807, 2.05) is 18.2 Å². The highest BCUT2D eigenvalue weighted by atomic mass is 32.2. The van der Waals surface area contributed by atoms with Crippen LogP contribution in [-0.4, -0.2) is 24.3 Å². The molecule has 30 heavy (non-hydrogen) atoms. The zero-order valence-corrected chi connectivity index (χ0v) is 17.4. The van der Waals surface area contributed by atoms with Crippen LogP contribution in [0.25, 0.3) is 0 Å². The lowest BCUT2D eigenvalue weighted by molar-refractivity contribution is 0.102. The van der Waals surface area contributed by atoms with Crippen molar-refractivity contribution in [3.8, 4) is 0 Å². The number of hydrogen-bond acceptors (Lipinski definition) is 5. The molecule has 0 saturated heterocycles. The number of amides is 1. The van der Waals surface area contributed by atoms with E-state index in [-0.39, 0.29) is 16.8 Å². The van der Waals surface area contributed by atoms with Gasteiger partial charge in [-0.3, -0.25) is 4.79 Å². The minimum absolute atomic E-state index is 0.0137. The van der Waals surface area contributed by atoms with E-state index in [1.54, 1.807) is 25.1 Å². The third-order valence-electron chi connectivity index (χ3n) is 5.05. The second-order valence-electron chi connectivity index (χ2n) is 7.30. The third-order valence-corrected chi connectivity index (χ3v) is 6.40. The van der Waals surface area contributed by atoms with E-state index in [4.69, 9.17) is 0 Å². The van der Waals surface area contributed by atoms with Crippen molar-refractivity contribution in [3.63, 3.8) is 0 Å². The molecule has 2 aromatic carbocycles. The van der Waals surface area contributed by atoms with Gasteiger partial charge in [-0.25, -0.2) is 23.1 Å². The molecule has 0 aliphatic heterocycles. The lowest BCUT2D eigenvalue weighted by atomic mass is 9.90. The highest BCUT2D eigenvalue weighted by Gasteiger charge is 2.17. The Hall–Kier alpha value is -3.26. The van der Waals surface area contributed by atoms with Crippen LogP contribution in [0.5, 0.6) is 0 Å². The molecule has 7 nitrogen and oxygen atoms in total. The maximum Gasteiger partial charge on any atom is 0.264 e. The van der Waals surface area contributed by atoms with Gasteiger partial charge in [0.1, 0.15) is 0 Å². The topological polar surface area (TPSA) is 101 Å². The molecular formula is C22H22N4O3S. The molecule has 1 amide bonds. The van der Waals surface area contributed by atoms with Gasteiger partial charge in [-0.05, 0) is 86.2 Å². The summed E-state index contributed by atoms with van der Waals surface area (Å²) in [5.74, 6) is -0.204. The van der Waals surface area contributed by atoms with Crippen molar-refractivity contribution in [2.45, 2.75) is 37.5 Å². The number of aryl methyl sites for hydroxylation is 3. The molecule has 1 heterocycles. The molecule has 4 rings (SSSR count). The minimum atomic E-state index is -3.83. The molecule has 0 radical (unpaired) electrons. The highest BCUT2D eigenvalue weighted by molar-refractivity contribution is 7.92. The van der Waals surface area contributed by atoms with Gasteiger partial charge in [-0.1, -0.05) is 6.07 Å². The summed E-state index contributed by atoms with van der Waals surface area (Å²) in [5, 5.41) is 2.82. The van der Waals surface area contributed by atoms with Crippen LogP contribution in [0.2, 0.25) is 0 Å². The molecule has 0 saturated carbocycles. The Labute approximate surface area is 175 Å². The zero-order chi connectivity index (χ0) is 21.1. The first-order valence-corrected chi connectivity index (χ1v) is 11.2. The number of carbonyl (C=O) groups is 1. The fraction of sp³-hybridized carbons (Fsp3) is 0.227. The molecule has 3 aromatic rings. The fourth-order valence-electron chi connectivity index (χ4n) is 3.47. The standard InChI is InChI=1S/C22H22N4O3S/c1-15-12-13-23-22(24-15)26-30(28,29)20-10-8-19(9-11-20)25-21(27)18-7-6-16-4-2-3-5-17(16)14-18/h6-14H,2-5H2,1H3,(H,25,27)(H,23,24,26). The van der Waals surface area contributed by atoms with Crippen molar-refractivity contribution in [2.75, 3.05) is 10.0 Å². The molecule has 2 N–H and O–H groups in total. The Balaban J connectivity index is 1.46. The number of sulfonamides is 1. The number of anilines is 2. The van der Waals surface area contributed by atoms with Gasteiger partial charge in [0.05, 0.1) is 4.90 Å². The number of benzene rings is 2. The molecule has 0 bridgehead atoms. The zero-order valence-electron chi connectivity index (χ0n) is 16.6. The van der Waals surface area contributed by atoms with Crippen molar-refractivity contribution >= 4 is 27.6 Å². The van der Waals surface area contributed by atoms with Crippen molar-refractivity contribution < 1.29 is 13.2 Å². The molecule has 8 heteroatoms. The number of rotatable bonds is 5. The molecule has 1 aromatic heterocycles. The Morgan fingerprint density at radius 1 is 0.967 bits per heavy atom. The SMILES string of the molecule is Cc1ccnc(NS(=O)(=O)c2ccc(NC(=O)c3ccc4c(c3)CCCC4)cc2)n1. The summed E-state index contributed by atoms with van der Waals surface area (Å²) in [7, 11) is -3.83. The van der Waals surface area contributed by atoms with Gasteiger partial charge in [0.25, 0.3) is 15.9 Å². The van der Waals surface area contributed by atoms with Crippen LogP contribution in [0.4, 0.5) is 11.6 Å². The van der Waals surface area contributed by atoms with Crippen LogP contribution >= 0.6 is 0 Å². The number of aromatic nitrogens is 2.